The highest BCUT2D eigenvalue weighted by Gasteiger charge is 2.09. The van der Waals surface area contributed by atoms with E-state index in [1.165, 1.54) is 0 Å². The van der Waals surface area contributed by atoms with E-state index in [1.807, 2.05) is 12.1 Å². The second-order valence-corrected chi connectivity index (χ2v) is 5.25. The normalized spacial score (nSPS) is 17.7. The minimum Gasteiger partial charge on any atom is -0.491 e. The number of hydrogen-bond donors (Lipinski definition) is 1. The average Bonchev–Trinajstić information content (AvgIpc) is 2.48. The number of anilines is 1. The van der Waals surface area contributed by atoms with Crippen LogP contribution in [0.15, 0.2) is 24.3 Å². The Labute approximate surface area is 122 Å². The molecule has 20 heavy (non-hydrogen) atoms. The van der Waals surface area contributed by atoms with Gasteiger partial charge in [0, 0.05) is 37.9 Å². The van der Waals surface area contributed by atoms with E-state index in [-0.39, 0.29) is 6.10 Å². The third-order valence-corrected chi connectivity index (χ3v) is 3.61. The van der Waals surface area contributed by atoms with Crippen LogP contribution in [0.1, 0.15) is 20.3 Å². The van der Waals surface area contributed by atoms with Crippen molar-refractivity contribution in [1.29, 1.82) is 0 Å². The molecule has 4 nitrogen and oxygen atoms in total. The van der Waals surface area contributed by atoms with Crippen LogP contribution in [0.2, 0.25) is 0 Å². The first-order valence-corrected chi connectivity index (χ1v) is 7.58. The van der Waals surface area contributed by atoms with Gasteiger partial charge < -0.3 is 14.8 Å². The highest BCUT2D eigenvalue weighted by atomic mass is 16.5. The number of nitrogens with zero attached hydrogens (tertiary/aromatic N) is 1. The van der Waals surface area contributed by atoms with E-state index in [2.05, 4.69) is 36.2 Å². The van der Waals surface area contributed by atoms with Gasteiger partial charge in [0.1, 0.15) is 5.75 Å². The number of ether oxygens (including phenoxy) is 2. The van der Waals surface area contributed by atoms with E-state index in [9.17, 15) is 0 Å². The summed E-state index contributed by atoms with van der Waals surface area (Å²) in [5.74, 6) is 0.940. The van der Waals surface area contributed by atoms with Gasteiger partial charge in [0.15, 0.2) is 0 Å². The Hall–Kier alpha value is -1.26. The number of nitrogens with one attached hydrogen (secondary N) is 1. The molecule has 0 spiro atoms. The van der Waals surface area contributed by atoms with Gasteiger partial charge in [-0.2, -0.15) is 0 Å². The predicted molar refractivity (Wildman–Crippen MR) is 82.6 cm³/mol. The van der Waals surface area contributed by atoms with Gasteiger partial charge in [0.25, 0.3) is 0 Å². The molecule has 0 saturated carbocycles. The monoisotopic (exact) mass is 278 g/mol. The number of hydrogen-bond acceptors (Lipinski definition) is 4. The molecule has 0 aliphatic carbocycles. The first-order valence-electron chi connectivity index (χ1n) is 7.58. The van der Waals surface area contributed by atoms with Crippen LogP contribution in [-0.4, -0.2) is 50.4 Å². The molecule has 0 aromatic heterocycles. The van der Waals surface area contributed by atoms with Gasteiger partial charge in [-0.05, 0) is 25.5 Å². The zero-order valence-corrected chi connectivity index (χ0v) is 12.6. The van der Waals surface area contributed by atoms with Crippen LogP contribution in [0.5, 0.6) is 5.75 Å². The molecule has 1 fully saturated rings. The lowest BCUT2D eigenvalue weighted by molar-refractivity contribution is 0.0398. The molecule has 4 heteroatoms. The number of benzene rings is 1. The molecule has 0 amide bonds. The van der Waals surface area contributed by atoms with Crippen molar-refractivity contribution in [2.24, 2.45) is 0 Å². The van der Waals surface area contributed by atoms with Gasteiger partial charge in [-0.25, -0.2) is 0 Å². The maximum absolute atomic E-state index is 5.83. The van der Waals surface area contributed by atoms with E-state index in [0.717, 1.165) is 57.3 Å². The highest BCUT2D eigenvalue weighted by molar-refractivity contribution is 5.48. The Balaban J connectivity index is 1.75. The van der Waals surface area contributed by atoms with Crippen molar-refractivity contribution in [2.75, 3.05) is 44.7 Å². The fraction of sp³-hybridized carbons (Fsp3) is 0.625. The van der Waals surface area contributed by atoms with Crippen molar-refractivity contribution in [2.45, 2.75) is 26.4 Å². The summed E-state index contributed by atoms with van der Waals surface area (Å²) in [7, 11) is 0. The van der Waals surface area contributed by atoms with E-state index >= 15 is 0 Å². The largest absolute Gasteiger partial charge is 0.491 e. The molecular weight excluding hydrogens is 252 g/mol. The number of morpholine rings is 1. The summed E-state index contributed by atoms with van der Waals surface area (Å²) in [6.45, 7) is 10.0. The molecular formula is C16H26N2O2. The molecule has 1 aliphatic rings. The predicted octanol–water partition coefficient (Wildman–Crippen LogP) is 2.61. The summed E-state index contributed by atoms with van der Waals surface area (Å²) in [6.07, 6.45) is 1.29. The van der Waals surface area contributed by atoms with Gasteiger partial charge in [-0.15, -0.1) is 0 Å². The Morgan fingerprint density at radius 2 is 2.15 bits per heavy atom. The van der Waals surface area contributed by atoms with Gasteiger partial charge in [0.2, 0.25) is 0 Å². The molecule has 0 radical (unpaired) electrons. The van der Waals surface area contributed by atoms with Crippen LogP contribution in [0.4, 0.5) is 5.69 Å². The lowest BCUT2D eigenvalue weighted by Gasteiger charge is -2.26. The maximum Gasteiger partial charge on any atom is 0.121 e. The van der Waals surface area contributed by atoms with Crippen LogP contribution in [0.3, 0.4) is 0 Å². The van der Waals surface area contributed by atoms with Gasteiger partial charge in [-0.1, -0.05) is 13.0 Å². The maximum atomic E-state index is 5.83. The van der Waals surface area contributed by atoms with Crippen molar-refractivity contribution < 1.29 is 9.47 Å². The molecule has 1 heterocycles. The zero-order valence-electron chi connectivity index (χ0n) is 12.6. The minimum absolute atomic E-state index is 0.263. The summed E-state index contributed by atoms with van der Waals surface area (Å²) in [4.78, 5) is 2.43. The average molecular weight is 278 g/mol. The van der Waals surface area contributed by atoms with Crippen molar-refractivity contribution in [3.63, 3.8) is 0 Å². The second kappa shape index (κ2) is 8.12. The molecule has 1 aliphatic heterocycles. The molecule has 1 unspecified atom stereocenters. The summed E-state index contributed by atoms with van der Waals surface area (Å²) < 4.78 is 11.2. The summed E-state index contributed by atoms with van der Waals surface area (Å²) in [5, 5.41) is 3.46. The Kier molecular flexibility index (Phi) is 6.15. The third-order valence-electron chi connectivity index (χ3n) is 3.61. The van der Waals surface area contributed by atoms with Gasteiger partial charge in [0.05, 0.1) is 19.3 Å². The van der Waals surface area contributed by atoms with E-state index in [1.54, 1.807) is 0 Å². The second-order valence-electron chi connectivity index (χ2n) is 5.25. The van der Waals surface area contributed by atoms with Crippen LogP contribution in [0, 0.1) is 0 Å². The van der Waals surface area contributed by atoms with Crippen LogP contribution < -0.4 is 10.1 Å². The topological polar surface area (TPSA) is 33.7 Å². The van der Waals surface area contributed by atoms with Crippen molar-refractivity contribution in [3.8, 4) is 5.75 Å². The van der Waals surface area contributed by atoms with Crippen molar-refractivity contribution >= 4 is 5.69 Å². The zero-order chi connectivity index (χ0) is 14.2. The van der Waals surface area contributed by atoms with Crippen molar-refractivity contribution in [1.82, 2.24) is 4.90 Å². The summed E-state index contributed by atoms with van der Waals surface area (Å²) >= 11 is 0. The van der Waals surface area contributed by atoms with E-state index in [4.69, 9.17) is 9.47 Å². The molecule has 2 rings (SSSR count). The Bertz CT molecular complexity index is 392. The quantitative estimate of drug-likeness (QED) is 0.831. The fourth-order valence-corrected chi connectivity index (χ4v) is 2.18. The van der Waals surface area contributed by atoms with Crippen LogP contribution >= 0.6 is 0 Å². The van der Waals surface area contributed by atoms with Gasteiger partial charge >= 0.3 is 0 Å². The Morgan fingerprint density at radius 3 is 2.90 bits per heavy atom. The Morgan fingerprint density at radius 1 is 1.35 bits per heavy atom. The lowest BCUT2D eigenvalue weighted by Crippen LogP contribution is -2.38. The molecule has 1 aromatic rings. The van der Waals surface area contributed by atoms with Gasteiger partial charge in [-0.3, -0.25) is 4.90 Å². The molecule has 1 N–H and O–H groups in total. The lowest BCUT2D eigenvalue weighted by atomic mass is 10.2. The molecule has 112 valence electrons. The molecule has 1 atom stereocenters. The molecule has 0 bridgehead atoms. The first kappa shape index (κ1) is 15.1. The summed E-state index contributed by atoms with van der Waals surface area (Å²) in [5.41, 5.74) is 1.12. The molecule has 1 saturated heterocycles. The molecule has 1 aromatic carbocycles. The third kappa shape index (κ3) is 5.02. The van der Waals surface area contributed by atoms with Crippen LogP contribution in [0.25, 0.3) is 0 Å². The standard InChI is InChI=1S/C16H26N2O2/c1-3-14(2)20-16-6-4-5-15(13-16)17-7-8-18-9-11-19-12-10-18/h4-6,13-14,17H,3,7-12H2,1-2H3. The number of rotatable bonds is 7. The van der Waals surface area contributed by atoms with E-state index in [0.29, 0.717) is 0 Å². The van der Waals surface area contributed by atoms with Crippen molar-refractivity contribution in [3.05, 3.63) is 24.3 Å². The SMILES string of the molecule is CCC(C)Oc1cccc(NCCN2CCOCC2)c1. The first-order chi connectivity index (χ1) is 9.78. The van der Waals surface area contributed by atoms with Crippen LogP contribution in [-0.2, 0) is 4.74 Å². The minimum atomic E-state index is 0.263. The fourth-order valence-electron chi connectivity index (χ4n) is 2.18. The summed E-state index contributed by atoms with van der Waals surface area (Å²) in [6, 6.07) is 8.21. The highest BCUT2D eigenvalue weighted by Crippen LogP contribution is 2.19. The smallest absolute Gasteiger partial charge is 0.121 e. The van der Waals surface area contributed by atoms with E-state index < -0.39 is 0 Å².